The van der Waals surface area contributed by atoms with Gasteiger partial charge in [0.15, 0.2) is 5.17 Å². The number of halogens is 1. The number of thioether (sulfide) groups is 1. The van der Waals surface area contributed by atoms with Crippen LogP contribution in [0.15, 0.2) is 53.5 Å². The normalized spacial score (nSPS) is 17.8. The lowest BCUT2D eigenvalue weighted by molar-refractivity contribution is -0.121. The molecule has 1 atom stereocenters. The highest BCUT2D eigenvalue weighted by atomic mass is 32.2. The van der Waals surface area contributed by atoms with Crippen LogP contribution in [0.2, 0.25) is 0 Å². The number of nitrogens with one attached hydrogen (secondary N) is 1. The summed E-state index contributed by atoms with van der Waals surface area (Å²) in [6, 6.07) is 12.7. The van der Waals surface area contributed by atoms with Crippen molar-refractivity contribution in [2.45, 2.75) is 31.1 Å². The highest BCUT2D eigenvalue weighted by Crippen LogP contribution is 2.29. The molecule has 0 unspecified atom stereocenters. The summed E-state index contributed by atoms with van der Waals surface area (Å²) < 4.78 is 13.4. The van der Waals surface area contributed by atoms with Gasteiger partial charge in [0.2, 0.25) is 5.91 Å². The number of amidine groups is 1. The quantitative estimate of drug-likeness (QED) is 0.702. The molecule has 0 spiro atoms. The lowest BCUT2D eigenvalue weighted by atomic mass is 10.1. The highest BCUT2D eigenvalue weighted by molar-refractivity contribution is 8.15. The summed E-state index contributed by atoms with van der Waals surface area (Å²) in [7, 11) is 1.65. The van der Waals surface area contributed by atoms with Crippen LogP contribution in [0.3, 0.4) is 0 Å². The van der Waals surface area contributed by atoms with Gasteiger partial charge in [-0.2, -0.15) is 4.99 Å². The number of aliphatic imine (C=N–C) groups is 1. The molecule has 172 valence electrons. The molecule has 4 rings (SSSR count). The Bertz CT molecular complexity index is 1080. The van der Waals surface area contributed by atoms with Crippen LogP contribution >= 0.6 is 11.8 Å². The van der Waals surface area contributed by atoms with Gasteiger partial charge in [-0.15, -0.1) is 0 Å². The van der Waals surface area contributed by atoms with Crippen molar-refractivity contribution >= 4 is 40.3 Å². The van der Waals surface area contributed by atoms with Gasteiger partial charge in [-0.3, -0.25) is 14.4 Å². The minimum Gasteiger partial charge on any atom is -0.351 e. The Kier molecular flexibility index (Phi) is 7.08. The van der Waals surface area contributed by atoms with Crippen molar-refractivity contribution in [1.29, 1.82) is 0 Å². The van der Waals surface area contributed by atoms with E-state index in [1.165, 1.54) is 28.8 Å². The van der Waals surface area contributed by atoms with Crippen molar-refractivity contribution < 1.29 is 18.8 Å². The molecule has 1 saturated heterocycles. The van der Waals surface area contributed by atoms with E-state index in [1.54, 1.807) is 43.4 Å². The maximum atomic E-state index is 13.4. The third-order valence-corrected chi connectivity index (χ3v) is 6.76. The zero-order valence-corrected chi connectivity index (χ0v) is 19.1. The van der Waals surface area contributed by atoms with E-state index in [0.717, 1.165) is 31.1 Å². The van der Waals surface area contributed by atoms with Crippen LogP contribution in [-0.4, -0.2) is 58.1 Å². The van der Waals surface area contributed by atoms with Crippen LogP contribution in [0.25, 0.3) is 0 Å². The maximum absolute atomic E-state index is 13.4. The van der Waals surface area contributed by atoms with E-state index in [-0.39, 0.29) is 36.5 Å². The van der Waals surface area contributed by atoms with E-state index in [1.807, 2.05) is 0 Å². The Labute approximate surface area is 196 Å². The number of rotatable bonds is 6. The highest BCUT2D eigenvalue weighted by Gasteiger charge is 2.33. The SMILES string of the molecule is CN(Cc1cccc(F)c1)C(=O)c1ccc(NC(=O)C[C@H]2SC(N3CCCC3)=NC2=O)cc1. The number of hydrogen-bond donors (Lipinski definition) is 1. The fourth-order valence-electron chi connectivity index (χ4n) is 3.83. The van der Waals surface area contributed by atoms with Gasteiger partial charge >= 0.3 is 0 Å². The number of anilines is 1. The number of benzene rings is 2. The molecule has 2 aromatic rings. The molecule has 2 aliphatic rings. The standard InChI is InChI=1S/C24H25FN4O3S/c1-28(15-16-5-4-6-18(25)13-16)23(32)17-7-9-19(10-8-17)26-21(30)14-20-22(31)27-24(33-20)29-11-2-3-12-29/h4-10,13,20H,2-3,11-12,14-15H2,1H3,(H,26,30)/t20-/m1/s1. The average molecular weight is 469 g/mol. The molecule has 1 N–H and O–H groups in total. The van der Waals surface area contributed by atoms with Crippen LogP contribution in [0.1, 0.15) is 35.2 Å². The second-order valence-corrected chi connectivity index (χ2v) is 9.32. The van der Waals surface area contributed by atoms with Gasteiger partial charge in [-0.05, 0) is 54.8 Å². The maximum Gasteiger partial charge on any atom is 0.262 e. The first-order valence-corrected chi connectivity index (χ1v) is 11.7. The van der Waals surface area contributed by atoms with E-state index >= 15 is 0 Å². The van der Waals surface area contributed by atoms with Gasteiger partial charge < -0.3 is 15.1 Å². The fourth-order valence-corrected chi connectivity index (χ4v) is 4.95. The topological polar surface area (TPSA) is 82.1 Å². The summed E-state index contributed by atoms with van der Waals surface area (Å²) >= 11 is 1.36. The first kappa shape index (κ1) is 23.0. The summed E-state index contributed by atoms with van der Waals surface area (Å²) in [6.45, 7) is 2.09. The fraction of sp³-hybridized carbons (Fsp3) is 0.333. The van der Waals surface area contributed by atoms with Crippen LogP contribution in [0.5, 0.6) is 0 Å². The Hall–Kier alpha value is -3.20. The van der Waals surface area contributed by atoms with E-state index < -0.39 is 5.25 Å². The van der Waals surface area contributed by atoms with E-state index in [4.69, 9.17) is 0 Å². The van der Waals surface area contributed by atoms with Crippen LogP contribution in [0.4, 0.5) is 10.1 Å². The summed E-state index contributed by atoms with van der Waals surface area (Å²) in [6.07, 6.45) is 2.23. The Morgan fingerprint density at radius 2 is 1.91 bits per heavy atom. The molecule has 0 aromatic heterocycles. The molecule has 33 heavy (non-hydrogen) atoms. The number of nitrogens with zero attached hydrogens (tertiary/aromatic N) is 3. The minimum absolute atomic E-state index is 0.0431. The second-order valence-electron chi connectivity index (χ2n) is 8.15. The zero-order chi connectivity index (χ0) is 23.4. The predicted molar refractivity (Wildman–Crippen MR) is 127 cm³/mol. The molecule has 2 heterocycles. The number of likely N-dealkylation sites (tertiary alicyclic amines) is 1. The molecule has 0 saturated carbocycles. The number of amides is 3. The lowest BCUT2D eigenvalue weighted by Gasteiger charge is -2.18. The van der Waals surface area contributed by atoms with Crippen LogP contribution in [0, 0.1) is 5.82 Å². The molecule has 7 nitrogen and oxygen atoms in total. The molecule has 1 fully saturated rings. The third-order valence-electron chi connectivity index (χ3n) is 5.55. The Morgan fingerprint density at radius 1 is 1.18 bits per heavy atom. The predicted octanol–water partition coefficient (Wildman–Crippen LogP) is 3.52. The van der Waals surface area contributed by atoms with Crippen molar-refractivity contribution in [3.63, 3.8) is 0 Å². The van der Waals surface area contributed by atoms with Gasteiger partial charge in [-0.1, -0.05) is 23.9 Å². The summed E-state index contributed by atoms with van der Waals surface area (Å²) in [5, 5.41) is 3.00. The van der Waals surface area contributed by atoms with E-state index in [2.05, 4.69) is 15.2 Å². The van der Waals surface area contributed by atoms with E-state index in [0.29, 0.717) is 16.8 Å². The van der Waals surface area contributed by atoms with Gasteiger partial charge in [-0.25, -0.2) is 4.39 Å². The van der Waals surface area contributed by atoms with Gasteiger partial charge in [0, 0.05) is 44.4 Å². The largest absolute Gasteiger partial charge is 0.351 e. The van der Waals surface area contributed by atoms with Crippen molar-refractivity contribution in [2.75, 3.05) is 25.5 Å². The third kappa shape index (κ3) is 5.78. The van der Waals surface area contributed by atoms with Crippen LogP contribution in [-0.2, 0) is 16.1 Å². The summed E-state index contributed by atoms with van der Waals surface area (Å²) in [5.74, 6) is -1.10. The Balaban J connectivity index is 1.28. The average Bonchev–Trinajstić information content (AvgIpc) is 3.44. The summed E-state index contributed by atoms with van der Waals surface area (Å²) in [5.41, 5.74) is 1.70. The number of hydrogen-bond acceptors (Lipinski definition) is 5. The van der Waals surface area contributed by atoms with Gasteiger partial charge in [0.25, 0.3) is 11.8 Å². The first-order chi connectivity index (χ1) is 15.9. The molecule has 2 aliphatic heterocycles. The number of carbonyl (C=O) groups is 3. The molecule has 9 heteroatoms. The van der Waals surface area contributed by atoms with Gasteiger partial charge in [0.05, 0.1) is 0 Å². The zero-order valence-electron chi connectivity index (χ0n) is 18.3. The van der Waals surface area contributed by atoms with Crippen LogP contribution < -0.4 is 5.32 Å². The molecule has 0 bridgehead atoms. The van der Waals surface area contributed by atoms with Gasteiger partial charge in [0.1, 0.15) is 11.1 Å². The molecular weight excluding hydrogens is 443 g/mol. The van der Waals surface area contributed by atoms with Crippen molar-refractivity contribution in [3.8, 4) is 0 Å². The van der Waals surface area contributed by atoms with Crippen molar-refractivity contribution in [3.05, 3.63) is 65.5 Å². The number of carbonyl (C=O) groups excluding carboxylic acids is 3. The first-order valence-electron chi connectivity index (χ1n) is 10.8. The Morgan fingerprint density at radius 3 is 2.61 bits per heavy atom. The van der Waals surface area contributed by atoms with Crippen molar-refractivity contribution in [2.24, 2.45) is 4.99 Å². The lowest BCUT2D eigenvalue weighted by Crippen LogP contribution is -2.26. The minimum atomic E-state index is -0.502. The second kappa shape index (κ2) is 10.2. The molecule has 0 radical (unpaired) electrons. The molecular formula is C24H25FN4O3S. The summed E-state index contributed by atoms with van der Waals surface area (Å²) in [4.78, 5) is 45.0. The molecule has 2 aromatic carbocycles. The van der Waals surface area contributed by atoms with E-state index in [9.17, 15) is 18.8 Å². The monoisotopic (exact) mass is 468 g/mol. The van der Waals surface area contributed by atoms with Crippen molar-refractivity contribution in [1.82, 2.24) is 9.80 Å². The molecule has 3 amide bonds. The smallest absolute Gasteiger partial charge is 0.262 e. The molecule has 0 aliphatic carbocycles.